The van der Waals surface area contributed by atoms with Crippen LogP contribution in [0.1, 0.15) is 36.7 Å². The van der Waals surface area contributed by atoms with E-state index >= 15 is 0 Å². The summed E-state index contributed by atoms with van der Waals surface area (Å²) in [5.41, 5.74) is 2.25. The molecule has 7 nitrogen and oxygen atoms in total. The Hall–Kier alpha value is -2.58. The van der Waals surface area contributed by atoms with Crippen LogP contribution in [0.2, 0.25) is 0 Å². The van der Waals surface area contributed by atoms with E-state index in [2.05, 4.69) is 26.1 Å². The normalized spacial score (nSPS) is 12.0. The minimum atomic E-state index is -3.57. The molecule has 1 amide bonds. The van der Waals surface area contributed by atoms with Crippen molar-refractivity contribution in [1.82, 2.24) is 9.62 Å². The van der Waals surface area contributed by atoms with Gasteiger partial charge in [0.25, 0.3) is 5.91 Å². The van der Waals surface area contributed by atoms with E-state index in [9.17, 15) is 13.2 Å². The highest BCUT2D eigenvalue weighted by Gasteiger charge is 2.21. The van der Waals surface area contributed by atoms with Crippen LogP contribution in [-0.2, 0) is 15.6 Å². The average Bonchev–Trinajstić information content (AvgIpc) is 2.70. The largest absolute Gasteiger partial charge is 0.492 e. The molecule has 1 N–H and O–H groups in total. The first kappa shape index (κ1) is 23.7. The number of benzene rings is 2. The highest BCUT2D eigenvalue weighted by atomic mass is 32.2. The third-order valence-corrected chi connectivity index (χ3v) is 6.50. The number of nitrogens with zero attached hydrogens (tertiary/aromatic N) is 2. The lowest BCUT2D eigenvalue weighted by atomic mass is 9.87. The van der Waals surface area contributed by atoms with Crippen molar-refractivity contribution in [1.29, 1.82) is 0 Å². The lowest BCUT2D eigenvalue weighted by Gasteiger charge is -2.23. The van der Waals surface area contributed by atoms with E-state index in [1.165, 1.54) is 26.7 Å². The molecule has 0 bridgehead atoms. The Balaban J connectivity index is 1.85. The van der Waals surface area contributed by atoms with Gasteiger partial charge in [0.15, 0.2) is 0 Å². The van der Waals surface area contributed by atoms with Crippen molar-refractivity contribution in [3.8, 4) is 5.75 Å². The van der Waals surface area contributed by atoms with Crippen molar-refractivity contribution in [2.75, 3.05) is 38.6 Å². The second-order valence-corrected chi connectivity index (χ2v) is 10.4. The molecule has 0 aliphatic rings. The van der Waals surface area contributed by atoms with Crippen LogP contribution in [0.25, 0.3) is 0 Å². The molecule has 0 heterocycles. The van der Waals surface area contributed by atoms with Gasteiger partial charge >= 0.3 is 10.2 Å². The fraction of sp³-hybridized carbons (Fsp3) is 0.409. The number of carbonyl (C=O) groups excluding carboxylic acids is 1. The fourth-order valence-corrected chi connectivity index (χ4v) is 3.57. The summed E-state index contributed by atoms with van der Waals surface area (Å²) in [6.45, 7) is 7.18. The van der Waals surface area contributed by atoms with E-state index in [0.717, 1.165) is 14.4 Å². The van der Waals surface area contributed by atoms with Crippen molar-refractivity contribution in [3.63, 3.8) is 0 Å². The fourth-order valence-electron chi connectivity index (χ4n) is 2.69. The van der Waals surface area contributed by atoms with E-state index in [4.69, 9.17) is 4.74 Å². The van der Waals surface area contributed by atoms with Crippen molar-refractivity contribution in [2.45, 2.75) is 26.2 Å². The van der Waals surface area contributed by atoms with Gasteiger partial charge in [0.2, 0.25) is 0 Å². The monoisotopic (exact) mass is 433 g/mol. The molecule has 0 saturated heterocycles. The first-order valence-electron chi connectivity index (χ1n) is 9.71. The lowest BCUT2D eigenvalue weighted by molar-refractivity contribution is 0.0947. The molecule has 2 rings (SSSR count). The van der Waals surface area contributed by atoms with Gasteiger partial charge in [0.05, 0.1) is 12.2 Å². The molecule has 0 spiro atoms. The molecular weight excluding hydrogens is 402 g/mol. The summed E-state index contributed by atoms with van der Waals surface area (Å²) in [6, 6.07) is 14.3. The van der Waals surface area contributed by atoms with Crippen LogP contribution in [0, 0.1) is 0 Å². The lowest BCUT2D eigenvalue weighted by Crippen LogP contribution is -2.37. The van der Waals surface area contributed by atoms with E-state index in [0.29, 0.717) is 24.4 Å². The van der Waals surface area contributed by atoms with Gasteiger partial charge in [-0.3, -0.25) is 9.10 Å². The standard InChI is InChI=1S/C22H31N3O4S/c1-22(2,3)18-9-13-20(14-10-18)29-16-15-23-21(26)17-7-11-19(12-8-17)25(6)30(27,28)24(4)5/h7-14H,15-16H2,1-6H3,(H,23,26). The third kappa shape index (κ3) is 5.96. The van der Waals surface area contributed by atoms with Gasteiger partial charge in [-0.05, 0) is 47.4 Å². The maximum absolute atomic E-state index is 12.3. The third-order valence-electron chi connectivity index (χ3n) is 4.68. The summed E-state index contributed by atoms with van der Waals surface area (Å²) < 4.78 is 32.3. The number of carbonyl (C=O) groups is 1. The zero-order valence-corrected chi connectivity index (χ0v) is 19.3. The molecule has 164 valence electrons. The van der Waals surface area contributed by atoms with Crippen LogP contribution in [0.5, 0.6) is 5.75 Å². The summed E-state index contributed by atoms with van der Waals surface area (Å²) >= 11 is 0. The average molecular weight is 434 g/mol. The number of hydrogen-bond donors (Lipinski definition) is 1. The molecule has 8 heteroatoms. The van der Waals surface area contributed by atoms with Crippen LogP contribution in [0.15, 0.2) is 48.5 Å². The Kier molecular flexibility index (Phi) is 7.49. The van der Waals surface area contributed by atoms with E-state index in [1.54, 1.807) is 24.3 Å². The number of ether oxygens (including phenoxy) is 1. The van der Waals surface area contributed by atoms with Crippen molar-refractivity contribution in [2.24, 2.45) is 0 Å². The highest BCUT2D eigenvalue weighted by Crippen LogP contribution is 2.24. The SMILES string of the molecule is CN(C)S(=O)(=O)N(C)c1ccc(C(=O)NCCOc2ccc(C(C)(C)C)cc2)cc1. The molecule has 0 radical (unpaired) electrons. The smallest absolute Gasteiger partial charge is 0.303 e. The summed E-state index contributed by atoms with van der Waals surface area (Å²) in [4.78, 5) is 12.3. The van der Waals surface area contributed by atoms with Gasteiger partial charge in [0, 0.05) is 26.7 Å². The summed E-state index contributed by atoms with van der Waals surface area (Å²) in [7, 11) is 0.833. The van der Waals surface area contributed by atoms with Gasteiger partial charge < -0.3 is 10.1 Å². The number of hydrogen-bond acceptors (Lipinski definition) is 4. The molecular formula is C22H31N3O4S. The molecule has 0 aliphatic heterocycles. The van der Waals surface area contributed by atoms with Gasteiger partial charge in [-0.15, -0.1) is 0 Å². The second-order valence-electron chi connectivity index (χ2n) is 8.18. The van der Waals surface area contributed by atoms with Crippen LogP contribution >= 0.6 is 0 Å². The quantitative estimate of drug-likeness (QED) is 0.649. The van der Waals surface area contributed by atoms with Gasteiger partial charge in [-0.1, -0.05) is 32.9 Å². The second kappa shape index (κ2) is 9.49. The predicted molar refractivity (Wildman–Crippen MR) is 120 cm³/mol. The number of amides is 1. The Labute approximate surface area is 179 Å². The zero-order valence-electron chi connectivity index (χ0n) is 18.5. The Morgan fingerprint density at radius 3 is 2.03 bits per heavy atom. The van der Waals surface area contributed by atoms with Crippen LogP contribution < -0.4 is 14.4 Å². The molecule has 0 fully saturated rings. The molecule has 0 aromatic heterocycles. The first-order valence-corrected chi connectivity index (χ1v) is 11.1. The van der Waals surface area contributed by atoms with E-state index < -0.39 is 10.2 Å². The number of nitrogens with one attached hydrogen (secondary N) is 1. The molecule has 0 atom stereocenters. The summed E-state index contributed by atoms with van der Waals surface area (Å²) in [6.07, 6.45) is 0. The molecule has 2 aromatic carbocycles. The van der Waals surface area contributed by atoms with Gasteiger partial charge in [0.1, 0.15) is 12.4 Å². The summed E-state index contributed by atoms with van der Waals surface area (Å²) in [5, 5.41) is 2.80. The van der Waals surface area contributed by atoms with Crippen LogP contribution in [-0.4, -0.2) is 52.9 Å². The molecule has 0 saturated carbocycles. The van der Waals surface area contributed by atoms with Crippen LogP contribution in [0.4, 0.5) is 5.69 Å². The van der Waals surface area contributed by atoms with Crippen molar-refractivity contribution < 1.29 is 17.9 Å². The number of rotatable bonds is 8. The minimum absolute atomic E-state index is 0.0908. The highest BCUT2D eigenvalue weighted by molar-refractivity contribution is 7.90. The Bertz CT molecular complexity index is 947. The Morgan fingerprint density at radius 1 is 0.967 bits per heavy atom. The topological polar surface area (TPSA) is 79.0 Å². The van der Waals surface area contributed by atoms with Gasteiger partial charge in [-0.2, -0.15) is 12.7 Å². The molecule has 0 unspecified atom stereocenters. The maximum Gasteiger partial charge on any atom is 0.303 e. The van der Waals surface area contributed by atoms with Crippen LogP contribution in [0.3, 0.4) is 0 Å². The van der Waals surface area contributed by atoms with Crippen molar-refractivity contribution in [3.05, 3.63) is 59.7 Å². The number of anilines is 1. The predicted octanol–water partition coefficient (Wildman–Crippen LogP) is 3.04. The minimum Gasteiger partial charge on any atom is -0.492 e. The summed E-state index contributed by atoms with van der Waals surface area (Å²) in [5.74, 6) is 0.512. The zero-order chi connectivity index (χ0) is 22.5. The van der Waals surface area contributed by atoms with Gasteiger partial charge in [-0.25, -0.2) is 0 Å². The molecule has 0 aliphatic carbocycles. The van der Waals surface area contributed by atoms with Crippen molar-refractivity contribution >= 4 is 21.8 Å². The molecule has 30 heavy (non-hydrogen) atoms. The van der Waals surface area contributed by atoms with E-state index in [-0.39, 0.29) is 11.3 Å². The first-order chi connectivity index (χ1) is 13.9. The Morgan fingerprint density at radius 2 is 1.53 bits per heavy atom. The van der Waals surface area contributed by atoms with E-state index in [1.807, 2.05) is 24.3 Å². The molecule has 2 aromatic rings. The maximum atomic E-state index is 12.3.